The zero-order valence-electron chi connectivity index (χ0n) is 11.1. The quantitative estimate of drug-likeness (QED) is 0.881. The molecule has 0 radical (unpaired) electrons. The number of likely N-dealkylation sites (N-methyl/N-ethyl adjacent to an activating group) is 1. The highest BCUT2D eigenvalue weighted by atomic mass is 32.2. The molecule has 1 saturated heterocycles. The van der Waals surface area contributed by atoms with Crippen LogP contribution in [0, 0.1) is 0 Å². The zero-order valence-corrected chi connectivity index (χ0v) is 11.9. The lowest BCUT2D eigenvalue weighted by atomic mass is 10.3. The van der Waals surface area contributed by atoms with Gasteiger partial charge in [-0.3, -0.25) is 4.40 Å². The van der Waals surface area contributed by atoms with Crippen molar-refractivity contribution in [3.8, 4) is 0 Å². The van der Waals surface area contributed by atoms with E-state index in [1.807, 2.05) is 0 Å². The van der Waals surface area contributed by atoms with E-state index in [4.69, 9.17) is 10.5 Å². The molecule has 20 heavy (non-hydrogen) atoms. The third-order valence-corrected chi connectivity index (χ3v) is 5.51. The molecule has 2 N–H and O–H groups in total. The lowest BCUT2D eigenvalue weighted by molar-refractivity contribution is 0.180. The van der Waals surface area contributed by atoms with Crippen molar-refractivity contribution in [2.45, 2.75) is 17.5 Å². The Hall–Kier alpha value is -1.64. The van der Waals surface area contributed by atoms with Crippen LogP contribution in [0.15, 0.2) is 29.4 Å². The summed E-state index contributed by atoms with van der Waals surface area (Å²) in [5.41, 5.74) is 6.32. The number of rotatable bonds is 3. The van der Waals surface area contributed by atoms with E-state index in [1.165, 1.54) is 8.71 Å². The smallest absolute Gasteiger partial charge is 0.262 e. The van der Waals surface area contributed by atoms with Crippen LogP contribution in [-0.2, 0) is 14.8 Å². The largest absolute Gasteiger partial charge is 0.381 e. The van der Waals surface area contributed by atoms with Gasteiger partial charge in [0.25, 0.3) is 10.0 Å². The summed E-state index contributed by atoms with van der Waals surface area (Å²) < 4.78 is 33.6. The van der Waals surface area contributed by atoms with Crippen molar-refractivity contribution in [1.29, 1.82) is 0 Å². The second-order valence-corrected chi connectivity index (χ2v) is 6.68. The maximum atomic E-state index is 12.7. The Bertz CT molecular complexity index is 734. The van der Waals surface area contributed by atoms with E-state index in [9.17, 15) is 8.42 Å². The van der Waals surface area contributed by atoms with E-state index in [1.54, 1.807) is 31.4 Å². The summed E-state index contributed by atoms with van der Waals surface area (Å²) >= 11 is 0. The SMILES string of the molecule is CN(C1CCOC1)S(=O)(=O)c1c(N)nc2ccccn12. The lowest BCUT2D eigenvalue weighted by Crippen LogP contribution is -2.38. The molecular formula is C12H16N4O3S. The summed E-state index contributed by atoms with van der Waals surface area (Å²) in [4.78, 5) is 4.09. The number of hydrogen-bond acceptors (Lipinski definition) is 5. The number of ether oxygens (including phenoxy) is 1. The van der Waals surface area contributed by atoms with Crippen LogP contribution >= 0.6 is 0 Å². The Labute approximate surface area is 117 Å². The van der Waals surface area contributed by atoms with Crippen LogP contribution in [0.5, 0.6) is 0 Å². The van der Waals surface area contributed by atoms with Gasteiger partial charge in [0, 0.05) is 19.9 Å². The fourth-order valence-corrected chi connectivity index (χ4v) is 3.93. The van der Waals surface area contributed by atoms with Crippen molar-refractivity contribution < 1.29 is 13.2 Å². The molecule has 0 aliphatic carbocycles. The van der Waals surface area contributed by atoms with Gasteiger partial charge in [-0.25, -0.2) is 13.4 Å². The number of imidazole rings is 1. The summed E-state index contributed by atoms with van der Waals surface area (Å²) in [5, 5.41) is 0.0162. The van der Waals surface area contributed by atoms with Gasteiger partial charge in [-0.1, -0.05) is 6.07 Å². The molecule has 1 aliphatic rings. The Kier molecular flexibility index (Phi) is 3.15. The van der Waals surface area contributed by atoms with Gasteiger partial charge in [0.1, 0.15) is 5.65 Å². The van der Waals surface area contributed by atoms with Crippen LogP contribution in [0.1, 0.15) is 6.42 Å². The van der Waals surface area contributed by atoms with E-state index >= 15 is 0 Å². The molecule has 1 unspecified atom stereocenters. The van der Waals surface area contributed by atoms with Gasteiger partial charge in [0.05, 0.1) is 12.6 Å². The molecule has 0 saturated carbocycles. The van der Waals surface area contributed by atoms with Crippen LogP contribution in [0.25, 0.3) is 5.65 Å². The number of nitrogen functional groups attached to an aromatic ring is 1. The molecule has 0 aromatic carbocycles. The average Bonchev–Trinajstić information content (AvgIpc) is 3.03. The monoisotopic (exact) mass is 296 g/mol. The lowest BCUT2D eigenvalue weighted by Gasteiger charge is -2.22. The van der Waals surface area contributed by atoms with Crippen LogP contribution in [-0.4, -0.2) is 48.4 Å². The number of aromatic nitrogens is 2. The summed E-state index contributed by atoms with van der Waals surface area (Å²) in [5.74, 6) is 0.0157. The van der Waals surface area contributed by atoms with E-state index < -0.39 is 10.0 Å². The van der Waals surface area contributed by atoms with E-state index in [0.29, 0.717) is 25.3 Å². The van der Waals surface area contributed by atoms with Gasteiger partial charge >= 0.3 is 0 Å². The topological polar surface area (TPSA) is 89.9 Å². The minimum atomic E-state index is -3.71. The van der Waals surface area contributed by atoms with Crippen LogP contribution in [0.4, 0.5) is 5.82 Å². The highest BCUT2D eigenvalue weighted by Gasteiger charge is 2.34. The molecule has 8 heteroatoms. The maximum absolute atomic E-state index is 12.7. The highest BCUT2D eigenvalue weighted by Crippen LogP contribution is 2.26. The number of anilines is 1. The normalized spacial score (nSPS) is 20.0. The molecule has 2 aromatic rings. The van der Waals surface area contributed by atoms with Crippen LogP contribution < -0.4 is 5.73 Å². The predicted molar refractivity (Wildman–Crippen MR) is 73.8 cm³/mol. The first-order chi connectivity index (χ1) is 9.51. The van der Waals surface area contributed by atoms with Gasteiger partial charge in [-0.05, 0) is 18.6 Å². The van der Waals surface area contributed by atoms with Crippen molar-refractivity contribution in [3.05, 3.63) is 24.4 Å². The summed E-state index contributed by atoms with van der Waals surface area (Å²) in [7, 11) is -2.16. The number of nitrogens with two attached hydrogens (primary N) is 1. The first-order valence-electron chi connectivity index (χ1n) is 6.30. The van der Waals surface area contributed by atoms with E-state index in [0.717, 1.165) is 0 Å². The number of pyridine rings is 1. The molecule has 1 fully saturated rings. The minimum Gasteiger partial charge on any atom is -0.381 e. The summed E-state index contributed by atoms with van der Waals surface area (Å²) in [6.45, 7) is 0.986. The molecule has 0 spiro atoms. The summed E-state index contributed by atoms with van der Waals surface area (Å²) in [6.07, 6.45) is 2.33. The second-order valence-electron chi connectivity index (χ2n) is 4.77. The fraction of sp³-hybridized carbons (Fsp3) is 0.417. The molecule has 2 aromatic heterocycles. The fourth-order valence-electron chi connectivity index (χ4n) is 2.39. The third-order valence-electron chi connectivity index (χ3n) is 3.55. The third kappa shape index (κ3) is 1.96. The first-order valence-corrected chi connectivity index (χ1v) is 7.74. The molecular weight excluding hydrogens is 280 g/mol. The Morgan fingerprint density at radius 1 is 1.50 bits per heavy atom. The zero-order chi connectivity index (χ0) is 14.3. The second kappa shape index (κ2) is 4.72. The van der Waals surface area contributed by atoms with Gasteiger partial charge in [0.2, 0.25) is 0 Å². The Morgan fingerprint density at radius 3 is 3.00 bits per heavy atom. The van der Waals surface area contributed by atoms with Gasteiger partial charge < -0.3 is 10.5 Å². The van der Waals surface area contributed by atoms with Gasteiger partial charge in [-0.2, -0.15) is 4.31 Å². The standard InChI is InChI=1S/C12H16N4O3S/c1-15(9-5-7-19-8-9)20(17,18)12-11(13)14-10-4-2-3-6-16(10)12/h2-4,6,9H,5,7-8,13H2,1H3. The molecule has 1 aliphatic heterocycles. The molecule has 108 valence electrons. The van der Waals surface area contributed by atoms with Crippen molar-refractivity contribution in [3.63, 3.8) is 0 Å². The predicted octanol–water partition coefficient (Wildman–Crippen LogP) is 0.326. The number of sulfonamides is 1. The number of hydrogen-bond donors (Lipinski definition) is 1. The molecule has 1 atom stereocenters. The molecule has 3 heterocycles. The molecule has 0 amide bonds. The van der Waals surface area contributed by atoms with Crippen molar-refractivity contribution in [1.82, 2.24) is 13.7 Å². The van der Waals surface area contributed by atoms with Crippen molar-refractivity contribution in [2.75, 3.05) is 26.0 Å². The number of fused-ring (bicyclic) bond motifs is 1. The van der Waals surface area contributed by atoms with Crippen molar-refractivity contribution in [2.24, 2.45) is 0 Å². The van der Waals surface area contributed by atoms with Crippen molar-refractivity contribution >= 4 is 21.5 Å². The molecule has 7 nitrogen and oxygen atoms in total. The van der Waals surface area contributed by atoms with Gasteiger partial charge in [0.15, 0.2) is 10.8 Å². The van der Waals surface area contributed by atoms with E-state index in [2.05, 4.69) is 4.98 Å². The highest BCUT2D eigenvalue weighted by molar-refractivity contribution is 7.89. The van der Waals surface area contributed by atoms with E-state index in [-0.39, 0.29) is 16.9 Å². The first kappa shape index (κ1) is 13.3. The van der Waals surface area contributed by atoms with Crippen LogP contribution in [0.2, 0.25) is 0 Å². The average molecular weight is 296 g/mol. The maximum Gasteiger partial charge on any atom is 0.262 e. The summed E-state index contributed by atoms with van der Waals surface area (Å²) in [6, 6.07) is 5.08. The van der Waals surface area contributed by atoms with Gasteiger partial charge in [-0.15, -0.1) is 0 Å². The Morgan fingerprint density at radius 2 is 2.30 bits per heavy atom. The van der Waals surface area contributed by atoms with Crippen LogP contribution in [0.3, 0.4) is 0 Å². The Balaban J connectivity index is 2.11. The molecule has 3 rings (SSSR count). The number of nitrogens with zero attached hydrogens (tertiary/aromatic N) is 3. The minimum absolute atomic E-state index is 0.0157. The molecule has 0 bridgehead atoms.